The molecule has 0 heterocycles. The molecule has 0 saturated carbocycles. The topological polar surface area (TPSA) is 46.5 Å². The molecule has 2 aromatic carbocycles. The quantitative estimate of drug-likeness (QED) is 0.677. The summed E-state index contributed by atoms with van der Waals surface area (Å²) < 4.78 is 5.19. The molecule has 1 N–H and O–H groups in total. The van der Waals surface area contributed by atoms with Crippen molar-refractivity contribution >= 4 is 5.97 Å². The van der Waals surface area contributed by atoms with Crippen LogP contribution in [0.2, 0.25) is 0 Å². The van der Waals surface area contributed by atoms with Gasteiger partial charge >= 0.3 is 5.97 Å². The van der Waals surface area contributed by atoms with Gasteiger partial charge in [0.2, 0.25) is 5.60 Å². The van der Waals surface area contributed by atoms with Gasteiger partial charge in [-0.3, -0.25) is 0 Å². The number of hydrogen-bond donors (Lipinski definition) is 1. The molecule has 0 amide bonds. The van der Waals surface area contributed by atoms with Crippen LogP contribution < -0.4 is 0 Å². The molecule has 0 aliphatic rings. The molecule has 2 aromatic rings. The van der Waals surface area contributed by atoms with Gasteiger partial charge < -0.3 is 9.84 Å². The van der Waals surface area contributed by atoms with Crippen molar-refractivity contribution in [2.75, 3.05) is 6.61 Å². The summed E-state index contributed by atoms with van der Waals surface area (Å²) >= 11 is 0. The van der Waals surface area contributed by atoms with Crippen molar-refractivity contribution in [1.82, 2.24) is 0 Å². The van der Waals surface area contributed by atoms with Gasteiger partial charge in [0.05, 0.1) is 0 Å². The molecule has 21 heavy (non-hydrogen) atoms. The first-order valence-corrected chi connectivity index (χ1v) is 6.70. The highest BCUT2D eigenvalue weighted by molar-refractivity contribution is 5.85. The van der Waals surface area contributed by atoms with Crippen LogP contribution in [0.25, 0.3) is 0 Å². The molecule has 0 aromatic heterocycles. The fourth-order valence-corrected chi connectivity index (χ4v) is 2.05. The minimum atomic E-state index is -1.82. The predicted molar refractivity (Wildman–Crippen MR) is 81.7 cm³/mol. The summed E-state index contributed by atoms with van der Waals surface area (Å²) in [4.78, 5) is 12.5. The van der Waals surface area contributed by atoms with Gasteiger partial charge in [-0.05, 0) is 23.6 Å². The second-order valence-corrected chi connectivity index (χ2v) is 4.98. The van der Waals surface area contributed by atoms with Crippen molar-refractivity contribution in [2.24, 2.45) is 0 Å². The summed E-state index contributed by atoms with van der Waals surface area (Å²) in [5.74, 6) is -0.706. The highest BCUT2D eigenvalue weighted by Crippen LogP contribution is 2.31. The summed E-state index contributed by atoms with van der Waals surface area (Å²) in [6, 6.07) is 17.6. The van der Waals surface area contributed by atoms with E-state index in [2.05, 4.69) is 6.58 Å². The zero-order valence-electron chi connectivity index (χ0n) is 12.0. The average Bonchev–Trinajstić information content (AvgIpc) is 2.53. The third-order valence-electron chi connectivity index (χ3n) is 3.13. The second-order valence-electron chi connectivity index (χ2n) is 4.98. The highest BCUT2D eigenvalue weighted by Gasteiger charge is 2.41. The van der Waals surface area contributed by atoms with Crippen LogP contribution in [0.4, 0.5) is 0 Å². The Morgan fingerprint density at radius 2 is 1.48 bits per heavy atom. The van der Waals surface area contributed by atoms with Crippen LogP contribution in [-0.2, 0) is 15.1 Å². The van der Waals surface area contributed by atoms with Gasteiger partial charge in [0.1, 0.15) is 6.61 Å². The first-order chi connectivity index (χ1) is 10.0. The lowest BCUT2D eigenvalue weighted by Crippen LogP contribution is -2.38. The Morgan fingerprint density at radius 1 is 1.05 bits per heavy atom. The van der Waals surface area contributed by atoms with Crippen LogP contribution in [0.3, 0.4) is 0 Å². The molecule has 0 bridgehead atoms. The lowest BCUT2D eigenvalue weighted by molar-refractivity contribution is -0.161. The first kappa shape index (κ1) is 15.0. The van der Waals surface area contributed by atoms with E-state index in [9.17, 15) is 9.90 Å². The molecule has 0 aliphatic heterocycles. The van der Waals surface area contributed by atoms with E-state index in [-0.39, 0.29) is 6.61 Å². The Bertz CT molecular complexity index is 578. The molecular formula is C18H18O3. The van der Waals surface area contributed by atoms with Gasteiger partial charge in [0, 0.05) is 0 Å². The van der Waals surface area contributed by atoms with E-state index in [1.165, 1.54) is 0 Å². The number of rotatable bonds is 5. The highest BCUT2D eigenvalue weighted by atomic mass is 16.5. The smallest absolute Gasteiger partial charge is 0.348 e. The van der Waals surface area contributed by atoms with Gasteiger partial charge in [-0.2, -0.15) is 0 Å². The van der Waals surface area contributed by atoms with Crippen LogP contribution in [0.15, 0.2) is 72.8 Å². The van der Waals surface area contributed by atoms with E-state index in [0.717, 1.165) is 0 Å². The van der Waals surface area contributed by atoms with Crippen molar-refractivity contribution in [1.29, 1.82) is 0 Å². The monoisotopic (exact) mass is 282 g/mol. The largest absolute Gasteiger partial charge is 0.459 e. The number of hydrogen-bond acceptors (Lipinski definition) is 3. The van der Waals surface area contributed by atoms with Gasteiger partial charge in [-0.25, -0.2) is 4.79 Å². The molecular weight excluding hydrogens is 264 g/mol. The molecule has 108 valence electrons. The standard InChI is InChI=1S/C18H18O3/c1-14(2)13-21-17(19)18(20,15-9-5-3-6-10-15)16-11-7-4-8-12-16/h3-12,20H,1,13H2,2H3. The van der Waals surface area contributed by atoms with E-state index in [4.69, 9.17) is 4.74 Å². The maximum Gasteiger partial charge on any atom is 0.348 e. The molecule has 0 unspecified atom stereocenters. The lowest BCUT2D eigenvalue weighted by Gasteiger charge is -2.27. The van der Waals surface area contributed by atoms with Crippen molar-refractivity contribution in [2.45, 2.75) is 12.5 Å². The molecule has 3 heteroatoms. The number of esters is 1. The molecule has 2 rings (SSSR count). The normalized spacial score (nSPS) is 11.0. The molecule has 0 fully saturated rings. The van der Waals surface area contributed by atoms with Crippen LogP contribution in [0.1, 0.15) is 18.1 Å². The number of benzene rings is 2. The van der Waals surface area contributed by atoms with Gasteiger partial charge in [0.15, 0.2) is 0 Å². The SMILES string of the molecule is C=C(C)COC(=O)C(O)(c1ccccc1)c1ccccc1. The van der Waals surface area contributed by atoms with E-state index >= 15 is 0 Å². The van der Waals surface area contributed by atoms with Gasteiger partial charge in [0.25, 0.3) is 0 Å². The number of ether oxygens (including phenoxy) is 1. The van der Waals surface area contributed by atoms with Crippen molar-refractivity contribution in [3.05, 3.63) is 83.9 Å². The molecule has 0 atom stereocenters. The second kappa shape index (κ2) is 6.37. The lowest BCUT2D eigenvalue weighted by atomic mass is 9.86. The molecule has 3 nitrogen and oxygen atoms in total. The summed E-state index contributed by atoms with van der Waals surface area (Å²) in [5.41, 5.74) is -0.157. The Kier molecular flexibility index (Phi) is 4.55. The number of carbonyl (C=O) groups is 1. The Morgan fingerprint density at radius 3 is 1.86 bits per heavy atom. The summed E-state index contributed by atoms with van der Waals surface area (Å²) in [6.45, 7) is 5.54. The van der Waals surface area contributed by atoms with Crippen LogP contribution in [-0.4, -0.2) is 17.7 Å². The number of carbonyl (C=O) groups excluding carboxylic acids is 1. The van der Waals surface area contributed by atoms with Crippen LogP contribution >= 0.6 is 0 Å². The molecule has 0 aliphatic carbocycles. The summed E-state index contributed by atoms with van der Waals surface area (Å²) in [6.07, 6.45) is 0. The van der Waals surface area contributed by atoms with E-state index in [0.29, 0.717) is 16.7 Å². The van der Waals surface area contributed by atoms with Crippen LogP contribution in [0, 0.1) is 0 Å². The van der Waals surface area contributed by atoms with E-state index in [1.807, 2.05) is 12.1 Å². The minimum Gasteiger partial charge on any atom is -0.459 e. The maximum absolute atomic E-state index is 12.5. The summed E-state index contributed by atoms with van der Waals surface area (Å²) in [5, 5.41) is 11.0. The average molecular weight is 282 g/mol. The fourth-order valence-electron chi connectivity index (χ4n) is 2.05. The maximum atomic E-state index is 12.5. The Balaban J connectivity index is 2.45. The molecule has 0 saturated heterocycles. The third-order valence-corrected chi connectivity index (χ3v) is 3.13. The van der Waals surface area contributed by atoms with Crippen molar-refractivity contribution in [3.8, 4) is 0 Å². The molecule has 0 radical (unpaired) electrons. The Hall–Kier alpha value is -2.39. The van der Waals surface area contributed by atoms with Gasteiger partial charge in [-0.15, -0.1) is 0 Å². The minimum absolute atomic E-state index is 0.0841. The zero-order valence-corrected chi connectivity index (χ0v) is 12.0. The van der Waals surface area contributed by atoms with Crippen LogP contribution in [0.5, 0.6) is 0 Å². The van der Waals surface area contributed by atoms with Crippen molar-refractivity contribution in [3.63, 3.8) is 0 Å². The fraction of sp³-hybridized carbons (Fsp3) is 0.167. The zero-order chi connectivity index (χ0) is 15.3. The third kappa shape index (κ3) is 3.20. The molecule has 0 spiro atoms. The number of aliphatic hydroxyl groups is 1. The van der Waals surface area contributed by atoms with E-state index in [1.54, 1.807) is 55.5 Å². The van der Waals surface area contributed by atoms with Crippen molar-refractivity contribution < 1.29 is 14.6 Å². The van der Waals surface area contributed by atoms with Gasteiger partial charge in [-0.1, -0.05) is 67.2 Å². The first-order valence-electron chi connectivity index (χ1n) is 6.70. The summed E-state index contributed by atoms with van der Waals surface area (Å²) in [7, 11) is 0. The Labute approximate surface area is 124 Å². The predicted octanol–water partition coefficient (Wildman–Crippen LogP) is 3.04. The van der Waals surface area contributed by atoms with E-state index < -0.39 is 11.6 Å².